The molecule has 0 heterocycles. The summed E-state index contributed by atoms with van der Waals surface area (Å²) in [5.74, 6) is 0.904. The summed E-state index contributed by atoms with van der Waals surface area (Å²) < 4.78 is 16.7. The minimum Gasteiger partial charge on any atom is -0.490 e. The van der Waals surface area contributed by atoms with E-state index in [0.717, 1.165) is 0 Å². The summed E-state index contributed by atoms with van der Waals surface area (Å²) in [6, 6.07) is 3.24. The zero-order chi connectivity index (χ0) is 21.0. The third kappa shape index (κ3) is 11.9. The first-order chi connectivity index (χ1) is 13.2. The molecule has 0 aromatic heterocycles. The van der Waals surface area contributed by atoms with Gasteiger partial charge in [-0.3, -0.25) is 0 Å². The molecular weight excluding hydrogens is 448 g/mol. The summed E-state index contributed by atoms with van der Waals surface area (Å²) in [4.78, 5) is 5.23. The summed E-state index contributed by atoms with van der Waals surface area (Å²) in [6.07, 6.45) is 4.58. The Bertz CT molecular complexity index is 633. The van der Waals surface area contributed by atoms with Gasteiger partial charge in [-0.25, -0.2) is 0 Å². The molecule has 1 rings (SSSR count). The molecule has 9 heteroatoms. The zero-order valence-corrected chi connectivity index (χ0v) is 19.2. The van der Waals surface area contributed by atoms with E-state index >= 15 is 0 Å². The molecule has 0 amide bonds. The maximum Gasteiger partial charge on any atom is 0.156 e. The van der Waals surface area contributed by atoms with Crippen LogP contribution in [-0.4, -0.2) is 38.2 Å². The van der Waals surface area contributed by atoms with Crippen molar-refractivity contribution in [3.05, 3.63) is 32.7 Å². The molecule has 0 saturated heterocycles. The van der Waals surface area contributed by atoms with E-state index in [1.807, 2.05) is 20.8 Å². The summed E-state index contributed by atoms with van der Waals surface area (Å²) in [5.41, 5.74) is -0.281. The Hall–Kier alpha value is -0.850. The van der Waals surface area contributed by atoms with Gasteiger partial charge in [-0.1, -0.05) is 51.6 Å². The maximum absolute atomic E-state index is 6.20. The van der Waals surface area contributed by atoms with Gasteiger partial charge in [0.1, 0.15) is 22.4 Å². The summed E-state index contributed by atoms with van der Waals surface area (Å²) >= 11 is 23.5. The lowest BCUT2D eigenvalue weighted by molar-refractivity contribution is 0.00127. The maximum atomic E-state index is 6.20. The predicted octanol–water partition coefficient (Wildman–Crippen LogP) is 6.67. The topological polar surface area (TPSA) is 49.3 Å². The number of hydrogen-bond donors (Lipinski definition) is 0. The highest BCUT2D eigenvalue weighted by Crippen LogP contribution is 2.37. The van der Waals surface area contributed by atoms with Gasteiger partial charge in [-0.15, -0.1) is 0 Å². The van der Waals surface area contributed by atoms with Crippen LogP contribution >= 0.6 is 46.4 Å². The van der Waals surface area contributed by atoms with E-state index in [4.69, 9.17) is 65.5 Å². The number of ether oxygens (including phenoxy) is 3. The first-order valence-corrected chi connectivity index (χ1v) is 10.2. The van der Waals surface area contributed by atoms with Crippen molar-refractivity contribution in [1.82, 2.24) is 0 Å². The molecule has 5 nitrogen and oxygen atoms in total. The molecule has 0 unspecified atom stereocenters. The first kappa shape index (κ1) is 25.2. The Kier molecular flexibility index (Phi) is 12.0. The van der Waals surface area contributed by atoms with Crippen molar-refractivity contribution in [2.45, 2.75) is 39.2 Å². The Morgan fingerprint density at radius 1 is 1.04 bits per heavy atom. The molecule has 0 saturated carbocycles. The minimum absolute atomic E-state index is 0.130. The zero-order valence-electron chi connectivity index (χ0n) is 16.1. The smallest absolute Gasteiger partial charge is 0.156 e. The molecule has 0 fully saturated rings. The van der Waals surface area contributed by atoms with Gasteiger partial charge in [-0.2, -0.15) is 0 Å². The van der Waals surface area contributed by atoms with Gasteiger partial charge >= 0.3 is 0 Å². The summed E-state index contributed by atoms with van der Waals surface area (Å²) in [7, 11) is 0. The van der Waals surface area contributed by atoms with Crippen molar-refractivity contribution in [3.63, 3.8) is 0 Å². The Morgan fingerprint density at radius 3 is 2.32 bits per heavy atom. The lowest BCUT2D eigenvalue weighted by Gasteiger charge is -2.14. The van der Waals surface area contributed by atoms with Crippen LogP contribution in [0.15, 0.2) is 27.9 Å². The van der Waals surface area contributed by atoms with E-state index in [9.17, 15) is 0 Å². The first-order valence-electron chi connectivity index (χ1n) is 8.72. The average Bonchev–Trinajstić information content (AvgIpc) is 2.57. The normalized spacial score (nSPS) is 11.5. The van der Waals surface area contributed by atoms with Crippen LogP contribution in [-0.2, 0) is 9.57 Å². The van der Waals surface area contributed by atoms with E-state index in [1.54, 1.807) is 18.3 Å². The van der Waals surface area contributed by atoms with Gasteiger partial charge in [0.25, 0.3) is 0 Å². The van der Waals surface area contributed by atoms with E-state index in [2.05, 4.69) is 5.16 Å². The van der Waals surface area contributed by atoms with E-state index in [1.165, 1.54) is 6.08 Å². The van der Waals surface area contributed by atoms with Gasteiger partial charge in [0.2, 0.25) is 0 Å². The van der Waals surface area contributed by atoms with E-state index in [-0.39, 0.29) is 16.7 Å². The fourth-order valence-electron chi connectivity index (χ4n) is 1.78. The van der Waals surface area contributed by atoms with Crippen molar-refractivity contribution in [2.24, 2.45) is 5.16 Å². The molecule has 0 N–H and O–H groups in total. The van der Waals surface area contributed by atoms with Crippen molar-refractivity contribution in [2.75, 3.05) is 26.4 Å². The van der Waals surface area contributed by atoms with Crippen LogP contribution in [0.1, 0.15) is 33.6 Å². The number of oxime groups is 1. The minimum atomic E-state index is -0.281. The quantitative estimate of drug-likeness (QED) is 0.193. The van der Waals surface area contributed by atoms with Crippen molar-refractivity contribution in [1.29, 1.82) is 0 Å². The Labute approximate surface area is 186 Å². The molecule has 0 spiro atoms. The van der Waals surface area contributed by atoms with Gasteiger partial charge in [-0.05, 0) is 26.8 Å². The standard InChI is InChI=1S/C19H25Cl4NO4/c1-19(2,3)28-24-7-4-8-25-9-5-10-27-18-15(20)12-14(13-16(18)21)26-11-6-17(22)23/h6-7,12-13H,4-5,8-11H2,1-3H3/b24-7+. The molecule has 0 aliphatic carbocycles. The lowest BCUT2D eigenvalue weighted by Crippen LogP contribution is -2.15. The number of rotatable bonds is 12. The number of halogens is 4. The summed E-state index contributed by atoms with van der Waals surface area (Å²) in [6.45, 7) is 7.56. The third-order valence-electron chi connectivity index (χ3n) is 2.93. The second-order valence-electron chi connectivity index (χ2n) is 6.62. The highest BCUT2D eigenvalue weighted by molar-refractivity contribution is 6.55. The van der Waals surface area contributed by atoms with Crippen molar-refractivity contribution in [3.8, 4) is 11.5 Å². The molecule has 0 radical (unpaired) electrons. The second-order valence-corrected chi connectivity index (χ2v) is 8.44. The molecule has 0 atom stereocenters. The lowest BCUT2D eigenvalue weighted by atomic mass is 10.2. The SMILES string of the molecule is CC(C)(C)O/N=C/CCOCCCOc1c(Cl)cc(OCC=C(Cl)Cl)cc1Cl. The summed E-state index contributed by atoms with van der Waals surface area (Å²) in [5, 5.41) is 4.61. The van der Waals surface area contributed by atoms with Crippen LogP contribution in [0.5, 0.6) is 11.5 Å². The average molecular weight is 473 g/mol. The van der Waals surface area contributed by atoms with Crippen molar-refractivity contribution < 1.29 is 19.0 Å². The molecule has 158 valence electrons. The molecule has 28 heavy (non-hydrogen) atoms. The Balaban J connectivity index is 2.25. The monoisotopic (exact) mass is 471 g/mol. The number of nitrogens with zero attached hydrogens (tertiary/aromatic N) is 1. The van der Waals surface area contributed by atoms with Gasteiger partial charge in [0.15, 0.2) is 5.75 Å². The van der Waals surface area contributed by atoms with Crippen LogP contribution in [0.2, 0.25) is 10.0 Å². The molecular formula is C19H25Cl4NO4. The Morgan fingerprint density at radius 2 is 1.71 bits per heavy atom. The van der Waals surface area contributed by atoms with Gasteiger partial charge < -0.3 is 19.0 Å². The van der Waals surface area contributed by atoms with E-state index < -0.39 is 0 Å². The molecule has 0 aliphatic heterocycles. The van der Waals surface area contributed by atoms with Crippen LogP contribution in [0.25, 0.3) is 0 Å². The molecule has 0 aliphatic rings. The van der Waals surface area contributed by atoms with Gasteiger partial charge in [0.05, 0.1) is 23.3 Å². The van der Waals surface area contributed by atoms with Crippen LogP contribution in [0.3, 0.4) is 0 Å². The highest BCUT2D eigenvalue weighted by Gasteiger charge is 2.11. The fourth-order valence-corrected chi connectivity index (χ4v) is 2.48. The number of hydrogen-bond acceptors (Lipinski definition) is 5. The molecule has 1 aromatic rings. The highest BCUT2D eigenvalue weighted by atomic mass is 35.5. The third-order valence-corrected chi connectivity index (χ3v) is 3.80. The van der Waals surface area contributed by atoms with Crippen LogP contribution in [0.4, 0.5) is 0 Å². The predicted molar refractivity (Wildman–Crippen MR) is 117 cm³/mol. The van der Waals surface area contributed by atoms with E-state index in [0.29, 0.717) is 54.2 Å². The second kappa shape index (κ2) is 13.4. The van der Waals surface area contributed by atoms with Gasteiger partial charge in [0, 0.05) is 37.8 Å². The van der Waals surface area contributed by atoms with Crippen molar-refractivity contribution >= 4 is 52.6 Å². The molecule has 0 bridgehead atoms. The van der Waals surface area contributed by atoms with Crippen LogP contribution in [0, 0.1) is 0 Å². The fraction of sp³-hybridized carbons (Fsp3) is 0.526. The largest absolute Gasteiger partial charge is 0.490 e. The molecule has 1 aromatic carbocycles. The van der Waals surface area contributed by atoms with Crippen LogP contribution < -0.4 is 9.47 Å². The number of benzene rings is 1.